The Labute approximate surface area is 271 Å². The van der Waals surface area contributed by atoms with Crippen LogP contribution in [0.5, 0.6) is 0 Å². The fraction of sp³-hybridized carbons (Fsp3) is 0.909. The highest BCUT2D eigenvalue weighted by Gasteiger charge is 2.52. The number of Topliss-reactive ketones (excluding diaryl/α,β-unsaturated/α-hetero) is 1. The smallest absolute Gasteiger partial charge is 0.408 e. The Balaban J connectivity index is 0.000000393. The van der Waals surface area contributed by atoms with E-state index in [0.717, 1.165) is 51.4 Å². The van der Waals surface area contributed by atoms with Crippen molar-refractivity contribution in [2.24, 2.45) is 0 Å². The largest absolute Gasteiger partial charge is 0.444 e. The summed E-state index contributed by atoms with van der Waals surface area (Å²) in [7, 11) is 2.25. The van der Waals surface area contributed by atoms with Crippen LogP contribution in [0.25, 0.3) is 0 Å². The van der Waals surface area contributed by atoms with Crippen molar-refractivity contribution in [1.82, 2.24) is 10.6 Å². The van der Waals surface area contributed by atoms with Crippen molar-refractivity contribution in [3.63, 3.8) is 0 Å². The molecule has 4 saturated heterocycles. The molecule has 6 aliphatic rings. The van der Waals surface area contributed by atoms with E-state index in [-0.39, 0.29) is 46.4 Å². The maximum atomic E-state index is 11.9. The van der Waals surface area contributed by atoms with Gasteiger partial charge in [0.15, 0.2) is 0 Å². The zero-order valence-corrected chi connectivity index (χ0v) is 30.0. The summed E-state index contributed by atoms with van der Waals surface area (Å²) < 4.78 is 34.9. The van der Waals surface area contributed by atoms with Gasteiger partial charge in [-0.3, -0.25) is 4.79 Å². The van der Waals surface area contributed by atoms with Crippen LogP contribution in [0.3, 0.4) is 0 Å². The summed E-state index contributed by atoms with van der Waals surface area (Å²) in [5, 5.41) is 15.6. The molecule has 4 aliphatic heterocycles. The van der Waals surface area contributed by atoms with Crippen LogP contribution >= 0.6 is 9.24 Å². The Morgan fingerprint density at radius 1 is 0.841 bits per heavy atom. The number of aliphatic hydroxyl groups excluding tert-OH is 1. The van der Waals surface area contributed by atoms with Crippen molar-refractivity contribution in [3.05, 3.63) is 0 Å². The van der Waals surface area contributed by atoms with Crippen molar-refractivity contribution in [2.75, 3.05) is 19.9 Å². The molecule has 258 valence electrons. The molecule has 2 amide bonds. The molecule has 2 unspecified atom stereocenters. The maximum Gasteiger partial charge on any atom is 0.408 e. The minimum absolute atomic E-state index is 0.166. The molecule has 6 rings (SSSR count). The molecule has 4 bridgehead atoms. The van der Waals surface area contributed by atoms with Gasteiger partial charge in [0.2, 0.25) is 0 Å². The number of carbonyl (C=O) groups is 3. The van der Waals surface area contributed by atoms with Gasteiger partial charge < -0.3 is 34.7 Å². The Bertz CT molecular complexity index is 933. The van der Waals surface area contributed by atoms with Crippen molar-refractivity contribution in [2.45, 2.75) is 173 Å². The Morgan fingerprint density at radius 2 is 1.18 bits per heavy atom. The number of aliphatic hydroxyl groups is 1. The fourth-order valence-electron chi connectivity index (χ4n) is 6.37. The highest BCUT2D eigenvalue weighted by atomic mass is 31.0. The van der Waals surface area contributed by atoms with E-state index in [1.165, 1.54) is 0 Å². The number of ether oxygens (including phenoxy) is 4. The maximum absolute atomic E-state index is 11.9. The van der Waals surface area contributed by atoms with E-state index in [4.69, 9.17) is 21.7 Å². The minimum atomic E-state index is -0.497. The predicted molar refractivity (Wildman–Crippen MR) is 177 cm³/mol. The molecule has 10 nitrogen and oxygen atoms in total. The lowest BCUT2D eigenvalue weighted by molar-refractivity contribution is -0.173. The topological polar surface area (TPSA) is 132 Å². The van der Waals surface area contributed by atoms with Crippen molar-refractivity contribution < 1.29 is 41.2 Å². The molecule has 3 N–H and O–H groups in total. The van der Waals surface area contributed by atoms with Crippen LogP contribution in [0.4, 0.5) is 9.59 Å². The number of carbonyl (C=O) groups excluding carboxylic acids is 3. The first-order valence-corrected chi connectivity index (χ1v) is 16.7. The Kier molecular flexibility index (Phi) is 13.8. The second kappa shape index (κ2) is 16.4. The van der Waals surface area contributed by atoms with Gasteiger partial charge in [-0.1, -0.05) is 20.5 Å². The van der Waals surface area contributed by atoms with Crippen LogP contribution in [0.2, 0.25) is 0 Å². The van der Waals surface area contributed by atoms with E-state index in [2.05, 4.69) is 19.9 Å². The second-order valence-corrected chi connectivity index (χ2v) is 14.7. The molecule has 0 radical (unpaired) electrons. The van der Waals surface area contributed by atoms with Gasteiger partial charge in [0.05, 0.1) is 41.6 Å². The summed E-state index contributed by atoms with van der Waals surface area (Å²) in [4.78, 5) is 35.2. The number of fused-ring (bicyclic) bond motifs is 6. The van der Waals surface area contributed by atoms with E-state index in [1.54, 1.807) is 20.8 Å². The molecular formula is C33H63N2O8P. The molecule has 2 aliphatic carbocycles. The summed E-state index contributed by atoms with van der Waals surface area (Å²) in [6, 6.07) is 0. The first-order valence-electron chi connectivity index (χ1n) is 17.3. The van der Waals surface area contributed by atoms with Gasteiger partial charge >= 0.3 is 12.2 Å². The molecule has 0 aromatic heterocycles. The number of ketones is 1. The molecule has 0 aromatic rings. The standard InChI is InChI=1S/C15H27NO4.C15H25NO4.C2H6.CH5P/c2*1-11(17)9-15-7-5-14(6-8-15,10-19-15)16-12(18)20-13(2,3)4;2*1-2/h11,17H,5-10H2,1-4H3,(H,16,18);5-10H2,1-4H3,(H,16,18);1-2H3;2H2,1H3/i;;2*1D. The monoisotopic (exact) mass is 648 g/mol. The van der Waals surface area contributed by atoms with Crippen molar-refractivity contribution in [1.29, 1.82) is 0 Å². The lowest BCUT2D eigenvalue weighted by atomic mass is 9.69. The van der Waals surface area contributed by atoms with Crippen molar-refractivity contribution >= 4 is 27.2 Å². The first-order chi connectivity index (χ1) is 21.1. The molecule has 4 heterocycles. The number of hydrogen-bond acceptors (Lipinski definition) is 8. The lowest BCUT2D eigenvalue weighted by Crippen LogP contribution is -2.63. The third-order valence-electron chi connectivity index (χ3n) is 8.32. The molecule has 11 heteroatoms. The summed E-state index contributed by atoms with van der Waals surface area (Å²) in [5.74, 6) is 0.166. The normalized spacial score (nSPS) is 31.5. The summed E-state index contributed by atoms with van der Waals surface area (Å²) in [6.07, 6.45) is 6.93. The number of hydrogen-bond donors (Lipinski definition) is 3. The number of nitrogens with one attached hydrogen (secondary N) is 2. The fourth-order valence-corrected chi connectivity index (χ4v) is 6.37. The SMILES string of the molecule is CC(=O)CC12CCC(NC(=O)OC(C)(C)C)(CC1)CO2.CC(O)CC12CCC(NC(=O)OC(C)(C)C)(CC1)CO2.[2H]CC.[2H]CP. The molecule has 0 spiro atoms. The van der Waals surface area contributed by atoms with E-state index in [1.807, 2.05) is 41.5 Å². The molecule has 6 fully saturated rings. The minimum Gasteiger partial charge on any atom is -0.444 e. The van der Waals surface area contributed by atoms with Gasteiger partial charge in [-0.2, -0.15) is 0 Å². The molecule has 44 heavy (non-hydrogen) atoms. The highest BCUT2D eigenvalue weighted by Crippen LogP contribution is 2.47. The van der Waals surface area contributed by atoms with E-state index < -0.39 is 11.2 Å². The van der Waals surface area contributed by atoms with Gasteiger partial charge in [0.25, 0.3) is 0 Å². The van der Waals surface area contributed by atoms with Crippen LogP contribution in [0.1, 0.15) is 136 Å². The summed E-state index contributed by atoms with van der Waals surface area (Å²) in [5.41, 5.74) is -2.07. The third kappa shape index (κ3) is 12.7. The summed E-state index contributed by atoms with van der Waals surface area (Å²) >= 11 is 0. The molecule has 2 atom stereocenters. The quantitative estimate of drug-likeness (QED) is 0.280. The number of rotatable bonds is 6. The number of alkyl carbamates (subject to hydrolysis) is 2. The van der Waals surface area contributed by atoms with Gasteiger partial charge in [-0.05, 0) is 107 Å². The first kappa shape index (κ1) is 37.0. The van der Waals surface area contributed by atoms with Crippen LogP contribution in [-0.2, 0) is 23.7 Å². The Hall–Kier alpha value is -1.48. The second-order valence-electron chi connectivity index (χ2n) is 14.7. The highest BCUT2D eigenvalue weighted by molar-refractivity contribution is 7.15. The third-order valence-corrected chi connectivity index (χ3v) is 8.32. The zero-order chi connectivity index (χ0) is 35.5. The van der Waals surface area contributed by atoms with Crippen molar-refractivity contribution in [3.8, 4) is 0 Å². The predicted octanol–water partition coefficient (Wildman–Crippen LogP) is 6.45. The van der Waals surface area contributed by atoms with Gasteiger partial charge in [-0.25, -0.2) is 9.59 Å². The van der Waals surface area contributed by atoms with Gasteiger partial charge in [0.1, 0.15) is 17.0 Å². The molecule has 2 saturated carbocycles. The van der Waals surface area contributed by atoms with Gasteiger partial charge in [-0.15, -0.1) is 9.24 Å². The van der Waals surface area contributed by atoms with E-state index in [9.17, 15) is 19.5 Å². The van der Waals surface area contributed by atoms with Crippen LogP contribution in [0, 0.1) is 0 Å². The average Bonchev–Trinajstić information content (AvgIpc) is 2.89. The lowest BCUT2D eigenvalue weighted by Gasteiger charge is -2.53. The van der Waals surface area contributed by atoms with Gasteiger partial charge in [0, 0.05) is 15.6 Å². The zero-order valence-electron chi connectivity index (χ0n) is 30.9. The van der Waals surface area contributed by atoms with Crippen LogP contribution in [-0.4, -0.2) is 82.5 Å². The molecular weight excluding hydrogens is 583 g/mol. The average molecular weight is 649 g/mol. The van der Waals surface area contributed by atoms with Crippen LogP contribution in [0.15, 0.2) is 0 Å². The van der Waals surface area contributed by atoms with E-state index >= 15 is 0 Å². The van der Waals surface area contributed by atoms with E-state index in [0.29, 0.717) is 39.6 Å². The Morgan fingerprint density at radius 3 is 1.43 bits per heavy atom. The molecule has 0 aromatic carbocycles. The number of amides is 2. The van der Waals surface area contributed by atoms with Crippen LogP contribution < -0.4 is 10.6 Å². The summed E-state index contributed by atoms with van der Waals surface area (Å²) in [6.45, 7) is 18.2.